The van der Waals surface area contributed by atoms with E-state index in [0.717, 1.165) is 0 Å². The number of hydroxylamine groups is 3. The zero-order valence-corrected chi connectivity index (χ0v) is 14.9. The fourth-order valence-electron chi connectivity index (χ4n) is 3.91. The van der Waals surface area contributed by atoms with Crippen molar-refractivity contribution >= 4 is 11.9 Å². The van der Waals surface area contributed by atoms with E-state index in [4.69, 9.17) is 9.47 Å². The molecule has 138 valence electrons. The summed E-state index contributed by atoms with van der Waals surface area (Å²) in [6.07, 6.45) is 3.57. The van der Waals surface area contributed by atoms with Crippen molar-refractivity contribution in [3.8, 4) is 0 Å². The quantitative estimate of drug-likeness (QED) is 0.232. The van der Waals surface area contributed by atoms with Gasteiger partial charge in [-0.1, -0.05) is 13.0 Å². The number of esters is 2. The number of cyclic esters (lactones) is 1. The number of quaternary nitrogens is 1. The highest BCUT2D eigenvalue weighted by Gasteiger charge is 2.51. The molecule has 0 unspecified atom stereocenters. The molecule has 0 aliphatic carbocycles. The number of nitrogens with zero attached hydrogens (tertiary/aromatic N) is 1. The van der Waals surface area contributed by atoms with Crippen molar-refractivity contribution in [2.24, 2.45) is 5.92 Å². The minimum atomic E-state index is -1.73. The third-order valence-corrected chi connectivity index (χ3v) is 5.83. The van der Waals surface area contributed by atoms with Gasteiger partial charge >= 0.3 is 11.9 Å². The fraction of sp³-hybridized carbons (Fsp3) is 0.667. The molecule has 3 heterocycles. The molecule has 0 aromatic carbocycles. The summed E-state index contributed by atoms with van der Waals surface area (Å²) in [5.41, 5.74) is -0.670. The van der Waals surface area contributed by atoms with Crippen LogP contribution in [-0.2, 0) is 19.1 Å². The van der Waals surface area contributed by atoms with Crippen LogP contribution in [0.25, 0.3) is 0 Å². The highest BCUT2D eigenvalue weighted by molar-refractivity contribution is 5.89. The van der Waals surface area contributed by atoms with Crippen LogP contribution in [-0.4, -0.2) is 59.1 Å². The van der Waals surface area contributed by atoms with Crippen LogP contribution in [0.1, 0.15) is 33.6 Å². The summed E-state index contributed by atoms with van der Waals surface area (Å²) >= 11 is 0. The fourth-order valence-corrected chi connectivity index (χ4v) is 3.91. The maximum atomic E-state index is 12.9. The Kier molecular flexibility index (Phi) is 4.51. The van der Waals surface area contributed by atoms with E-state index in [-0.39, 0.29) is 19.6 Å². The van der Waals surface area contributed by atoms with Crippen molar-refractivity contribution in [1.29, 1.82) is 0 Å². The molecule has 7 nitrogen and oxygen atoms in total. The maximum Gasteiger partial charge on any atom is 0.338 e. The first kappa shape index (κ1) is 18.1. The molecule has 2 fully saturated rings. The molecule has 3 aliphatic rings. The van der Waals surface area contributed by atoms with Crippen molar-refractivity contribution in [3.05, 3.63) is 28.5 Å². The van der Waals surface area contributed by atoms with Gasteiger partial charge in [-0.15, -0.1) is 0 Å². The number of allylic oxidation sites excluding steroid dienone is 1. The number of aliphatic hydroxyl groups is 1. The average Bonchev–Trinajstić information content (AvgIpc) is 3.05. The van der Waals surface area contributed by atoms with Crippen molar-refractivity contribution < 1.29 is 28.8 Å². The zero-order chi connectivity index (χ0) is 18.4. The normalized spacial score (nSPS) is 43.6. The zero-order valence-electron chi connectivity index (χ0n) is 14.9. The van der Waals surface area contributed by atoms with Gasteiger partial charge in [0.2, 0.25) is 0 Å². The molecule has 25 heavy (non-hydrogen) atoms. The lowest BCUT2D eigenvalue weighted by atomic mass is 9.85. The molecule has 5 atom stereocenters. The number of ether oxygens (including phenoxy) is 2. The molecule has 0 aromatic heterocycles. The predicted molar refractivity (Wildman–Crippen MR) is 88.9 cm³/mol. The number of hydrogen-bond donors (Lipinski definition) is 1. The largest absolute Gasteiger partial charge is 0.632 e. The molecule has 3 aliphatic heterocycles. The summed E-state index contributed by atoms with van der Waals surface area (Å²) in [7, 11) is 0. The monoisotopic (exact) mass is 351 g/mol. The molecule has 0 spiro atoms. The summed E-state index contributed by atoms with van der Waals surface area (Å²) in [6, 6.07) is -0.531. The van der Waals surface area contributed by atoms with Gasteiger partial charge in [0, 0.05) is 17.6 Å². The minimum absolute atomic E-state index is 0.0564. The van der Waals surface area contributed by atoms with Crippen molar-refractivity contribution in [1.82, 2.24) is 0 Å². The smallest absolute Gasteiger partial charge is 0.338 e. The number of carbonyl (C=O) groups excluding carboxylic acids is 2. The van der Waals surface area contributed by atoms with Crippen LogP contribution in [0.4, 0.5) is 0 Å². The van der Waals surface area contributed by atoms with Gasteiger partial charge in [0.05, 0.1) is 13.1 Å². The van der Waals surface area contributed by atoms with E-state index in [1.54, 1.807) is 26.0 Å². The van der Waals surface area contributed by atoms with Gasteiger partial charge in [-0.05, 0) is 32.3 Å². The molecule has 0 amide bonds. The van der Waals surface area contributed by atoms with E-state index in [1.807, 2.05) is 0 Å². The van der Waals surface area contributed by atoms with Crippen molar-refractivity contribution in [3.63, 3.8) is 0 Å². The molecule has 2 saturated heterocycles. The summed E-state index contributed by atoms with van der Waals surface area (Å²) in [4.78, 5) is 24.9. The molecule has 0 saturated carbocycles. The van der Waals surface area contributed by atoms with E-state index in [2.05, 4.69) is 0 Å². The summed E-state index contributed by atoms with van der Waals surface area (Å²) < 4.78 is 10.5. The lowest BCUT2D eigenvalue weighted by molar-refractivity contribution is -0.877. The Bertz CT molecular complexity index is 652. The van der Waals surface area contributed by atoms with E-state index in [9.17, 15) is 19.9 Å². The minimum Gasteiger partial charge on any atom is -0.632 e. The SMILES string of the molecule is C/C=C1/C[C@@H](C)[C@@](C)(O)C(=O)OCC2=CC[N@@+]3([O-])CC[C@@H](OC1=O)[C@@H]23. The highest BCUT2D eigenvalue weighted by Crippen LogP contribution is 2.39. The van der Waals surface area contributed by atoms with Gasteiger partial charge in [-0.25, -0.2) is 9.59 Å². The first-order valence-corrected chi connectivity index (χ1v) is 8.71. The Labute approximate surface area is 147 Å². The molecule has 0 radical (unpaired) electrons. The van der Waals surface area contributed by atoms with E-state index < -0.39 is 40.2 Å². The second kappa shape index (κ2) is 6.23. The Morgan fingerprint density at radius 2 is 2.16 bits per heavy atom. The van der Waals surface area contributed by atoms with Crippen LogP contribution in [0.2, 0.25) is 0 Å². The summed E-state index contributed by atoms with van der Waals surface area (Å²) in [5.74, 6) is -1.75. The van der Waals surface area contributed by atoms with E-state index >= 15 is 0 Å². The van der Waals surface area contributed by atoms with Gasteiger partial charge in [0.1, 0.15) is 6.61 Å². The third kappa shape index (κ3) is 3.01. The third-order valence-electron chi connectivity index (χ3n) is 5.83. The van der Waals surface area contributed by atoms with Gasteiger partial charge in [0.25, 0.3) is 0 Å². The maximum absolute atomic E-state index is 12.9. The van der Waals surface area contributed by atoms with Gasteiger partial charge < -0.3 is 24.4 Å². The number of hydrogen-bond acceptors (Lipinski definition) is 6. The predicted octanol–water partition coefficient (Wildman–Crippen LogP) is 1.21. The average molecular weight is 351 g/mol. The molecular formula is C18H25NO6. The van der Waals surface area contributed by atoms with E-state index in [0.29, 0.717) is 24.1 Å². The number of rotatable bonds is 0. The topological polar surface area (TPSA) is 95.9 Å². The van der Waals surface area contributed by atoms with Gasteiger partial charge in [-0.2, -0.15) is 0 Å². The molecule has 3 rings (SSSR count). The lowest BCUT2D eigenvalue weighted by Crippen LogP contribution is -2.49. The second-order valence-electron chi connectivity index (χ2n) is 7.46. The summed E-state index contributed by atoms with van der Waals surface area (Å²) in [5, 5.41) is 23.5. The summed E-state index contributed by atoms with van der Waals surface area (Å²) in [6.45, 7) is 5.39. The standard InChI is InChI=1S/C18H25NO6/c1-4-12-9-11(2)18(3,22)17(21)24-10-13-5-7-19(23)8-6-14(15(13)19)25-16(12)20/h4-5,11,14-15,22H,6-10H2,1-3H3/b12-4-/t11-,14-,15-,18-,19-/m1/s1. The molecular weight excluding hydrogens is 326 g/mol. The van der Waals surface area contributed by atoms with Gasteiger partial charge in [-0.3, -0.25) is 0 Å². The van der Waals surface area contributed by atoms with E-state index in [1.165, 1.54) is 6.92 Å². The van der Waals surface area contributed by atoms with Gasteiger partial charge in [0.15, 0.2) is 17.7 Å². The first-order chi connectivity index (χ1) is 11.7. The lowest BCUT2D eigenvalue weighted by Gasteiger charge is -2.41. The number of carbonyl (C=O) groups is 2. The van der Waals surface area contributed by atoms with Crippen LogP contribution < -0.4 is 0 Å². The van der Waals surface area contributed by atoms with Crippen LogP contribution in [0, 0.1) is 11.1 Å². The Morgan fingerprint density at radius 1 is 1.44 bits per heavy atom. The second-order valence-corrected chi connectivity index (χ2v) is 7.46. The Hall–Kier alpha value is -1.70. The van der Waals surface area contributed by atoms with Crippen molar-refractivity contribution in [2.75, 3.05) is 19.7 Å². The highest BCUT2D eigenvalue weighted by atomic mass is 16.6. The molecule has 1 N–H and O–H groups in total. The van der Waals surface area contributed by atoms with Crippen molar-refractivity contribution in [2.45, 2.75) is 51.4 Å². The Morgan fingerprint density at radius 3 is 2.84 bits per heavy atom. The molecule has 7 heteroatoms. The Balaban J connectivity index is 1.94. The molecule has 0 aromatic rings. The van der Waals surface area contributed by atoms with Crippen LogP contribution in [0.15, 0.2) is 23.3 Å². The molecule has 0 bridgehead atoms. The van der Waals surface area contributed by atoms with Crippen LogP contribution in [0.5, 0.6) is 0 Å². The first-order valence-electron chi connectivity index (χ1n) is 8.71. The van der Waals surface area contributed by atoms with Crippen LogP contribution in [0.3, 0.4) is 0 Å². The van der Waals surface area contributed by atoms with Crippen LogP contribution >= 0.6 is 0 Å².